The first-order chi connectivity index (χ1) is 7.07. The van der Waals surface area contributed by atoms with Crippen LogP contribution in [0.1, 0.15) is 19.0 Å². The van der Waals surface area contributed by atoms with Gasteiger partial charge in [-0.1, -0.05) is 22.6 Å². The zero-order valence-corrected chi connectivity index (χ0v) is 10.7. The van der Waals surface area contributed by atoms with Crippen LogP contribution in [0.2, 0.25) is 0 Å². The lowest BCUT2D eigenvalue weighted by Gasteiger charge is -2.11. The van der Waals surface area contributed by atoms with Crippen LogP contribution in [0.5, 0.6) is 0 Å². The van der Waals surface area contributed by atoms with Crippen molar-refractivity contribution in [1.82, 2.24) is 9.55 Å². The molecule has 0 saturated carbocycles. The van der Waals surface area contributed by atoms with Crippen LogP contribution in [-0.4, -0.2) is 25.5 Å². The summed E-state index contributed by atoms with van der Waals surface area (Å²) in [4.78, 5) is 14.2. The number of aryl methyl sites for hydroxylation is 1. The van der Waals surface area contributed by atoms with E-state index in [1.165, 1.54) is 10.8 Å². The van der Waals surface area contributed by atoms with Crippen LogP contribution < -0.4 is 0 Å². The number of alkyl halides is 1. The monoisotopic (exact) mass is 325 g/mol. The molecule has 6 nitrogen and oxygen atoms in total. The topological polar surface area (TPSA) is 70.2 Å². The van der Waals surface area contributed by atoms with Crippen LogP contribution in [0.4, 0.5) is 5.82 Å². The Kier molecular flexibility index (Phi) is 4.45. The van der Waals surface area contributed by atoms with E-state index < -0.39 is 4.92 Å². The molecule has 15 heavy (non-hydrogen) atoms. The standard InChI is InChI=1S/C8H12IN3O3/c1-6-10-5-8(12(13)14)11(6)7(2)15-4-3-9/h5,7H,3-4H2,1-2H3. The highest BCUT2D eigenvalue weighted by molar-refractivity contribution is 14.1. The third kappa shape index (κ3) is 2.88. The van der Waals surface area contributed by atoms with Crippen molar-refractivity contribution in [1.29, 1.82) is 0 Å². The fourth-order valence-electron chi connectivity index (χ4n) is 1.32. The minimum atomic E-state index is -0.454. The van der Waals surface area contributed by atoms with Gasteiger partial charge in [0.05, 0.1) is 6.61 Å². The molecule has 1 rings (SSSR count). The highest BCUT2D eigenvalue weighted by Crippen LogP contribution is 2.20. The summed E-state index contributed by atoms with van der Waals surface area (Å²) < 4.78 is 7.75. The quantitative estimate of drug-likeness (QED) is 0.360. The lowest BCUT2D eigenvalue weighted by atomic mass is 10.5. The van der Waals surface area contributed by atoms with Crippen LogP contribution in [0, 0.1) is 17.0 Å². The molecule has 0 N–H and O–H groups in total. The number of aromatic nitrogens is 2. The van der Waals surface area contributed by atoms with Crippen LogP contribution in [0.25, 0.3) is 0 Å². The molecule has 0 aliphatic rings. The number of hydrogen-bond donors (Lipinski definition) is 0. The molecule has 0 saturated heterocycles. The van der Waals surface area contributed by atoms with E-state index in [4.69, 9.17) is 4.74 Å². The number of nitro groups is 1. The lowest BCUT2D eigenvalue weighted by molar-refractivity contribution is -0.393. The Morgan fingerprint density at radius 2 is 2.47 bits per heavy atom. The molecule has 84 valence electrons. The second-order valence-corrected chi connectivity index (χ2v) is 4.03. The van der Waals surface area contributed by atoms with Crippen molar-refractivity contribution in [2.75, 3.05) is 11.0 Å². The third-order valence-electron chi connectivity index (χ3n) is 1.95. The van der Waals surface area contributed by atoms with Crippen molar-refractivity contribution in [3.8, 4) is 0 Å². The van der Waals surface area contributed by atoms with Gasteiger partial charge in [-0.3, -0.25) is 0 Å². The largest absolute Gasteiger partial charge is 0.358 e. The Morgan fingerprint density at radius 3 is 3.00 bits per heavy atom. The summed E-state index contributed by atoms with van der Waals surface area (Å²) in [5.41, 5.74) is 0. The summed E-state index contributed by atoms with van der Waals surface area (Å²) in [6.07, 6.45) is 0.891. The van der Waals surface area contributed by atoms with Gasteiger partial charge in [-0.2, -0.15) is 4.57 Å². The van der Waals surface area contributed by atoms with Crippen molar-refractivity contribution in [3.63, 3.8) is 0 Å². The van der Waals surface area contributed by atoms with Crippen LogP contribution >= 0.6 is 22.6 Å². The number of nitrogens with zero attached hydrogens (tertiary/aromatic N) is 3. The van der Waals surface area contributed by atoms with E-state index in [0.717, 1.165) is 4.43 Å². The van der Waals surface area contributed by atoms with Crippen molar-refractivity contribution in [3.05, 3.63) is 22.1 Å². The summed E-state index contributed by atoms with van der Waals surface area (Å²) >= 11 is 2.19. The van der Waals surface area contributed by atoms with Crippen molar-refractivity contribution >= 4 is 28.4 Å². The summed E-state index contributed by atoms with van der Waals surface area (Å²) in [5.74, 6) is 0.552. The first-order valence-corrected chi connectivity index (χ1v) is 5.96. The lowest BCUT2D eigenvalue weighted by Crippen LogP contribution is -2.14. The van der Waals surface area contributed by atoms with E-state index in [1.807, 2.05) is 0 Å². The summed E-state index contributed by atoms with van der Waals surface area (Å²) in [5, 5.41) is 10.7. The van der Waals surface area contributed by atoms with E-state index in [-0.39, 0.29) is 12.0 Å². The van der Waals surface area contributed by atoms with E-state index >= 15 is 0 Å². The second-order valence-electron chi connectivity index (χ2n) is 2.95. The molecule has 1 heterocycles. The van der Waals surface area contributed by atoms with Gasteiger partial charge >= 0.3 is 5.82 Å². The Morgan fingerprint density at radius 1 is 1.80 bits per heavy atom. The molecule has 1 aromatic heterocycles. The van der Waals surface area contributed by atoms with Gasteiger partial charge < -0.3 is 14.9 Å². The predicted molar refractivity (Wildman–Crippen MR) is 63.2 cm³/mol. The van der Waals surface area contributed by atoms with Gasteiger partial charge in [0.15, 0.2) is 5.82 Å². The van der Waals surface area contributed by atoms with Gasteiger partial charge in [0.25, 0.3) is 0 Å². The van der Waals surface area contributed by atoms with Crippen molar-refractivity contribution in [2.24, 2.45) is 0 Å². The molecule has 0 spiro atoms. The maximum absolute atomic E-state index is 10.7. The molecular weight excluding hydrogens is 313 g/mol. The normalized spacial score (nSPS) is 12.7. The maximum atomic E-state index is 10.7. The van der Waals surface area contributed by atoms with E-state index in [2.05, 4.69) is 27.6 Å². The Balaban J connectivity index is 2.90. The first-order valence-electron chi connectivity index (χ1n) is 4.43. The van der Waals surface area contributed by atoms with Gasteiger partial charge in [-0.25, -0.2) is 4.98 Å². The van der Waals surface area contributed by atoms with Gasteiger partial charge in [0.1, 0.15) is 6.20 Å². The number of rotatable bonds is 5. The van der Waals surface area contributed by atoms with Crippen molar-refractivity contribution < 1.29 is 9.66 Å². The average molecular weight is 325 g/mol. The minimum absolute atomic E-state index is 0.0338. The molecular formula is C8H12IN3O3. The van der Waals surface area contributed by atoms with Crippen LogP contribution in [0.15, 0.2) is 6.20 Å². The highest BCUT2D eigenvalue weighted by atomic mass is 127. The number of halogens is 1. The molecule has 0 aliphatic heterocycles. The van der Waals surface area contributed by atoms with E-state index in [0.29, 0.717) is 12.4 Å². The predicted octanol–water partition coefficient (Wildman–Crippen LogP) is 2.07. The second kappa shape index (κ2) is 5.40. The highest BCUT2D eigenvalue weighted by Gasteiger charge is 2.22. The Labute approximate surface area is 101 Å². The molecule has 0 radical (unpaired) electrons. The van der Waals surface area contributed by atoms with Gasteiger partial charge in [0, 0.05) is 18.3 Å². The molecule has 0 fully saturated rings. The minimum Gasteiger partial charge on any atom is -0.358 e. The number of imidazole rings is 1. The fourth-order valence-corrected chi connectivity index (χ4v) is 1.57. The molecule has 1 aromatic rings. The van der Waals surface area contributed by atoms with Crippen molar-refractivity contribution in [2.45, 2.75) is 20.1 Å². The zero-order chi connectivity index (χ0) is 11.4. The van der Waals surface area contributed by atoms with Gasteiger partial charge in [0.2, 0.25) is 6.23 Å². The summed E-state index contributed by atoms with van der Waals surface area (Å²) in [6, 6.07) is 0. The van der Waals surface area contributed by atoms with E-state index in [9.17, 15) is 10.1 Å². The van der Waals surface area contributed by atoms with Gasteiger partial charge in [-0.05, 0) is 4.92 Å². The summed E-state index contributed by atoms with van der Waals surface area (Å²) in [6.45, 7) is 4.06. The number of hydrogen-bond acceptors (Lipinski definition) is 4. The average Bonchev–Trinajstić information content (AvgIpc) is 2.56. The number of ether oxygens (including phenoxy) is 1. The zero-order valence-electron chi connectivity index (χ0n) is 8.51. The van der Waals surface area contributed by atoms with E-state index in [1.54, 1.807) is 13.8 Å². The first kappa shape index (κ1) is 12.4. The molecule has 0 aliphatic carbocycles. The molecule has 0 aromatic carbocycles. The maximum Gasteiger partial charge on any atom is 0.345 e. The molecule has 1 atom stereocenters. The SMILES string of the molecule is Cc1ncc([N+](=O)[O-])n1C(C)OCCI. The fraction of sp³-hybridized carbons (Fsp3) is 0.625. The smallest absolute Gasteiger partial charge is 0.345 e. The molecule has 1 unspecified atom stereocenters. The van der Waals surface area contributed by atoms with Crippen LogP contribution in [-0.2, 0) is 4.74 Å². The molecule has 0 bridgehead atoms. The molecule has 0 amide bonds. The third-order valence-corrected chi connectivity index (χ3v) is 2.39. The molecule has 7 heteroatoms. The van der Waals surface area contributed by atoms with Crippen LogP contribution in [0.3, 0.4) is 0 Å². The van der Waals surface area contributed by atoms with Gasteiger partial charge in [-0.15, -0.1) is 0 Å². The Hall–Kier alpha value is -0.700. The summed E-state index contributed by atoms with van der Waals surface area (Å²) in [7, 11) is 0. The Bertz CT molecular complexity index is 353.